The van der Waals surface area contributed by atoms with Crippen LogP contribution in [0.2, 0.25) is 0 Å². The van der Waals surface area contributed by atoms with Gasteiger partial charge < -0.3 is 19.2 Å². The summed E-state index contributed by atoms with van der Waals surface area (Å²) in [5.74, 6) is 1.89. The molecule has 6 nitrogen and oxygen atoms in total. The summed E-state index contributed by atoms with van der Waals surface area (Å²) in [5.41, 5.74) is 1.37. The van der Waals surface area contributed by atoms with Gasteiger partial charge in [-0.1, -0.05) is 30.3 Å². The third-order valence-corrected chi connectivity index (χ3v) is 5.14. The van der Waals surface area contributed by atoms with Gasteiger partial charge in [-0.2, -0.15) is 0 Å². The topological polar surface area (TPSA) is 73.6 Å². The van der Waals surface area contributed by atoms with E-state index in [2.05, 4.69) is 16.4 Å². The van der Waals surface area contributed by atoms with Gasteiger partial charge >= 0.3 is 0 Å². The number of hydrogen-bond acceptors (Lipinski definition) is 5. The van der Waals surface area contributed by atoms with Crippen LogP contribution in [-0.4, -0.2) is 18.0 Å². The summed E-state index contributed by atoms with van der Waals surface area (Å²) in [6.07, 6.45) is 1.60. The molecule has 5 rings (SSSR count). The summed E-state index contributed by atoms with van der Waals surface area (Å²) in [7, 11) is 1.61. The first-order chi connectivity index (χ1) is 15.7. The highest BCUT2D eigenvalue weighted by molar-refractivity contribution is 6.03. The van der Waals surface area contributed by atoms with E-state index in [1.165, 1.54) is 0 Å². The van der Waals surface area contributed by atoms with Crippen molar-refractivity contribution in [2.75, 3.05) is 12.4 Å². The van der Waals surface area contributed by atoms with Crippen LogP contribution in [0.5, 0.6) is 11.5 Å². The zero-order valence-electron chi connectivity index (χ0n) is 17.4. The average Bonchev–Trinajstić information content (AvgIpc) is 3.31. The molecule has 158 valence electrons. The van der Waals surface area contributed by atoms with E-state index in [9.17, 15) is 4.79 Å². The quantitative estimate of drug-likeness (QED) is 0.372. The third kappa shape index (κ3) is 4.11. The first-order valence-corrected chi connectivity index (χ1v) is 10.1. The van der Waals surface area contributed by atoms with E-state index in [1.807, 2.05) is 60.7 Å². The Labute approximate surface area is 184 Å². The standard InChI is InChI=1S/C26H20N2O4/c1-30-21-8-7-19-12-20(15-27-24(19)14-21)28-26(29)25-11-10-23(32-25)16-31-22-9-6-17-4-2-3-5-18(17)13-22/h2-15H,16H2,1H3,(H,28,29). The molecule has 0 saturated carbocycles. The minimum Gasteiger partial charge on any atom is -0.497 e. The summed E-state index contributed by atoms with van der Waals surface area (Å²) in [5, 5.41) is 5.97. The maximum atomic E-state index is 12.6. The van der Waals surface area contributed by atoms with Crippen LogP contribution in [0.4, 0.5) is 5.69 Å². The number of rotatable bonds is 6. The van der Waals surface area contributed by atoms with Crippen molar-refractivity contribution in [2.24, 2.45) is 0 Å². The van der Waals surface area contributed by atoms with Gasteiger partial charge in [-0.05, 0) is 53.2 Å². The molecule has 5 aromatic rings. The van der Waals surface area contributed by atoms with Crippen LogP contribution in [0.25, 0.3) is 21.7 Å². The van der Waals surface area contributed by atoms with Crippen molar-refractivity contribution in [1.82, 2.24) is 4.98 Å². The number of carbonyl (C=O) groups excluding carboxylic acids is 1. The number of anilines is 1. The van der Waals surface area contributed by atoms with Gasteiger partial charge in [0, 0.05) is 11.5 Å². The second-order valence-electron chi connectivity index (χ2n) is 7.30. The summed E-state index contributed by atoms with van der Waals surface area (Å²) in [4.78, 5) is 17.0. The number of furan rings is 1. The first kappa shape index (κ1) is 19.6. The maximum Gasteiger partial charge on any atom is 0.291 e. The summed E-state index contributed by atoms with van der Waals surface area (Å²) < 4.78 is 16.7. The zero-order chi connectivity index (χ0) is 21.9. The number of fused-ring (bicyclic) bond motifs is 2. The van der Waals surface area contributed by atoms with Crippen LogP contribution in [0.15, 0.2) is 89.5 Å². The second-order valence-corrected chi connectivity index (χ2v) is 7.30. The Kier molecular flexibility index (Phi) is 5.17. The van der Waals surface area contributed by atoms with E-state index < -0.39 is 0 Å². The molecule has 2 heterocycles. The van der Waals surface area contributed by atoms with Gasteiger partial charge in [0.05, 0.1) is 24.5 Å². The molecule has 0 fully saturated rings. The Balaban J connectivity index is 1.24. The lowest BCUT2D eigenvalue weighted by atomic mass is 10.1. The van der Waals surface area contributed by atoms with Crippen LogP contribution >= 0.6 is 0 Å². The molecule has 0 bridgehead atoms. The Morgan fingerprint density at radius 1 is 0.906 bits per heavy atom. The number of pyridine rings is 1. The van der Waals surface area contributed by atoms with Gasteiger partial charge in [0.25, 0.3) is 5.91 Å². The zero-order valence-corrected chi connectivity index (χ0v) is 17.4. The third-order valence-electron chi connectivity index (χ3n) is 5.14. The highest BCUT2D eigenvalue weighted by Crippen LogP contribution is 2.23. The molecule has 2 aromatic heterocycles. The van der Waals surface area contributed by atoms with Gasteiger partial charge in [-0.25, -0.2) is 0 Å². The van der Waals surface area contributed by atoms with Crippen molar-refractivity contribution in [3.8, 4) is 11.5 Å². The minimum atomic E-state index is -0.350. The number of amides is 1. The Hall–Kier alpha value is -4.32. The van der Waals surface area contributed by atoms with E-state index in [0.717, 1.165) is 33.2 Å². The lowest BCUT2D eigenvalue weighted by molar-refractivity contribution is 0.0992. The van der Waals surface area contributed by atoms with Crippen molar-refractivity contribution < 1.29 is 18.7 Å². The van der Waals surface area contributed by atoms with E-state index in [4.69, 9.17) is 13.9 Å². The van der Waals surface area contributed by atoms with Crippen LogP contribution in [-0.2, 0) is 6.61 Å². The molecule has 1 amide bonds. The van der Waals surface area contributed by atoms with E-state index >= 15 is 0 Å². The van der Waals surface area contributed by atoms with Gasteiger partial charge in [-0.15, -0.1) is 0 Å². The van der Waals surface area contributed by atoms with Crippen molar-refractivity contribution in [3.05, 3.63) is 96.6 Å². The van der Waals surface area contributed by atoms with E-state index in [1.54, 1.807) is 25.4 Å². The highest BCUT2D eigenvalue weighted by Gasteiger charge is 2.13. The number of methoxy groups -OCH3 is 1. The number of benzene rings is 3. The molecule has 1 N–H and O–H groups in total. The molecule has 0 aliphatic carbocycles. The molecule has 0 atom stereocenters. The molecule has 0 spiro atoms. The smallest absolute Gasteiger partial charge is 0.291 e. The number of carbonyl (C=O) groups is 1. The normalized spacial score (nSPS) is 10.9. The molecule has 0 aliphatic rings. The molecule has 6 heteroatoms. The average molecular weight is 424 g/mol. The lowest BCUT2D eigenvalue weighted by Gasteiger charge is -2.07. The van der Waals surface area contributed by atoms with Crippen molar-refractivity contribution in [3.63, 3.8) is 0 Å². The maximum absolute atomic E-state index is 12.6. The second kappa shape index (κ2) is 8.43. The van der Waals surface area contributed by atoms with Gasteiger partial charge in [0.1, 0.15) is 23.9 Å². The van der Waals surface area contributed by atoms with Gasteiger partial charge in [0.15, 0.2) is 5.76 Å². The van der Waals surface area contributed by atoms with Crippen molar-refractivity contribution in [1.29, 1.82) is 0 Å². The number of ether oxygens (including phenoxy) is 2. The minimum absolute atomic E-state index is 0.205. The Morgan fingerprint density at radius 3 is 2.59 bits per heavy atom. The molecule has 3 aromatic carbocycles. The summed E-state index contributed by atoms with van der Waals surface area (Å²) >= 11 is 0. The van der Waals surface area contributed by atoms with Gasteiger partial charge in [-0.3, -0.25) is 9.78 Å². The first-order valence-electron chi connectivity index (χ1n) is 10.1. The monoisotopic (exact) mass is 424 g/mol. The number of nitrogens with one attached hydrogen (secondary N) is 1. The van der Waals surface area contributed by atoms with Crippen LogP contribution in [0.3, 0.4) is 0 Å². The molecule has 32 heavy (non-hydrogen) atoms. The molecule has 0 aliphatic heterocycles. The van der Waals surface area contributed by atoms with Gasteiger partial charge in [0.2, 0.25) is 0 Å². The van der Waals surface area contributed by atoms with E-state index in [0.29, 0.717) is 11.4 Å². The van der Waals surface area contributed by atoms with Crippen LogP contribution in [0.1, 0.15) is 16.3 Å². The summed E-state index contributed by atoms with van der Waals surface area (Å²) in [6.45, 7) is 0.227. The fourth-order valence-electron chi connectivity index (χ4n) is 3.48. The number of nitrogens with zero attached hydrogens (tertiary/aromatic N) is 1. The molecular formula is C26H20N2O4. The molecule has 0 radical (unpaired) electrons. The summed E-state index contributed by atoms with van der Waals surface area (Å²) in [6, 6.07) is 24.8. The van der Waals surface area contributed by atoms with E-state index in [-0.39, 0.29) is 18.3 Å². The molecule has 0 unspecified atom stereocenters. The fourth-order valence-corrected chi connectivity index (χ4v) is 3.48. The SMILES string of the molecule is COc1ccc2cc(NC(=O)c3ccc(COc4ccc5ccccc5c4)o3)cnc2c1. The lowest BCUT2D eigenvalue weighted by Crippen LogP contribution is -2.11. The van der Waals surface area contributed by atoms with Crippen molar-refractivity contribution >= 4 is 33.3 Å². The predicted octanol–water partition coefficient (Wildman–Crippen LogP) is 5.82. The highest BCUT2D eigenvalue weighted by atomic mass is 16.5. The van der Waals surface area contributed by atoms with Crippen LogP contribution < -0.4 is 14.8 Å². The molecular weight excluding hydrogens is 404 g/mol. The fraction of sp³-hybridized carbons (Fsp3) is 0.0769. The number of hydrogen-bond donors (Lipinski definition) is 1. The Bertz CT molecular complexity index is 1420. The number of aromatic nitrogens is 1. The van der Waals surface area contributed by atoms with Crippen LogP contribution in [0, 0.1) is 0 Å². The van der Waals surface area contributed by atoms with Crippen molar-refractivity contribution in [2.45, 2.75) is 6.61 Å². The Morgan fingerprint density at radius 2 is 1.72 bits per heavy atom. The largest absolute Gasteiger partial charge is 0.497 e. The predicted molar refractivity (Wildman–Crippen MR) is 123 cm³/mol. The molecule has 0 saturated heterocycles.